The fourth-order valence-corrected chi connectivity index (χ4v) is 3.55. The monoisotopic (exact) mass is 350 g/mol. The minimum absolute atomic E-state index is 0.0144. The van der Waals surface area contributed by atoms with Crippen LogP contribution >= 0.6 is 23.2 Å². The standard InChI is InChI=1S/C17H16Cl2N2O2/c1-10(22)21-6-5-11-7-13(23-2)3-4-14(11)17(21)12-8-15(18)20-16(19)9-12/h3-4,7-9,17H,5-6H2,1-2H3. The van der Waals surface area contributed by atoms with E-state index >= 15 is 0 Å². The van der Waals surface area contributed by atoms with Crippen LogP contribution in [0.1, 0.15) is 29.7 Å². The van der Waals surface area contributed by atoms with Crippen LogP contribution in [0, 0.1) is 0 Å². The molecule has 0 radical (unpaired) electrons. The quantitative estimate of drug-likeness (QED) is 0.771. The van der Waals surface area contributed by atoms with Gasteiger partial charge in [0.2, 0.25) is 5.91 Å². The molecule has 120 valence electrons. The highest BCUT2D eigenvalue weighted by molar-refractivity contribution is 6.32. The Hall–Kier alpha value is -1.78. The van der Waals surface area contributed by atoms with E-state index in [9.17, 15) is 4.79 Å². The normalized spacial score (nSPS) is 16.9. The number of hydrogen-bond donors (Lipinski definition) is 0. The second kappa shape index (κ2) is 6.38. The Balaban J connectivity index is 2.15. The van der Waals surface area contributed by atoms with Gasteiger partial charge in [0.15, 0.2) is 0 Å². The highest BCUT2D eigenvalue weighted by Crippen LogP contribution is 2.38. The minimum atomic E-state index is -0.222. The van der Waals surface area contributed by atoms with E-state index in [0.717, 1.165) is 28.9 Å². The maximum absolute atomic E-state index is 12.1. The van der Waals surface area contributed by atoms with Crippen molar-refractivity contribution in [3.8, 4) is 5.75 Å². The summed E-state index contributed by atoms with van der Waals surface area (Å²) in [6.07, 6.45) is 0.787. The van der Waals surface area contributed by atoms with Gasteiger partial charge in [0, 0.05) is 13.5 Å². The Morgan fingerprint density at radius 2 is 1.96 bits per heavy atom. The fraction of sp³-hybridized carbons (Fsp3) is 0.294. The minimum Gasteiger partial charge on any atom is -0.497 e. The van der Waals surface area contributed by atoms with Crippen molar-refractivity contribution in [2.24, 2.45) is 0 Å². The van der Waals surface area contributed by atoms with Crippen molar-refractivity contribution >= 4 is 29.1 Å². The number of aromatic nitrogens is 1. The van der Waals surface area contributed by atoms with E-state index in [4.69, 9.17) is 27.9 Å². The third-order valence-corrected chi connectivity index (χ3v) is 4.47. The topological polar surface area (TPSA) is 42.4 Å². The van der Waals surface area contributed by atoms with Crippen LogP contribution in [0.15, 0.2) is 30.3 Å². The summed E-state index contributed by atoms with van der Waals surface area (Å²) in [4.78, 5) is 17.9. The van der Waals surface area contributed by atoms with Crippen molar-refractivity contribution in [1.82, 2.24) is 9.88 Å². The van der Waals surface area contributed by atoms with Gasteiger partial charge in [0.1, 0.15) is 16.1 Å². The zero-order chi connectivity index (χ0) is 16.6. The van der Waals surface area contributed by atoms with Gasteiger partial charge in [-0.15, -0.1) is 0 Å². The second-order valence-corrected chi connectivity index (χ2v) is 6.25. The molecule has 4 nitrogen and oxygen atoms in total. The number of halogens is 2. The zero-order valence-corrected chi connectivity index (χ0v) is 14.4. The molecule has 0 saturated carbocycles. The number of ether oxygens (including phenoxy) is 1. The molecule has 0 bridgehead atoms. The molecule has 0 saturated heterocycles. The summed E-state index contributed by atoms with van der Waals surface area (Å²) in [6.45, 7) is 2.21. The second-order valence-electron chi connectivity index (χ2n) is 5.48. The molecule has 1 amide bonds. The third kappa shape index (κ3) is 3.14. The van der Waals surface area contributed by atoms with Crippen LogP contribution < -0.4 is 4.74 Å². The first-order valence-electron chi connectivity index (χ1n) is 7.26. The number of carbonyl (C=O) groups excluding carboxylic acids is 1. The van der Waals surface area contributed by atoms with Crippen LogP contribution in [0.25, 0.3) is 0 Å². The maximum Gasteiger partial charge on any atom is 0.220 e. The SMILES string of the molecule is COc1ccc2c(c1)CCN(C(C)=O)C2c1cc(Cl)nc(Cl)c1. The lowest BCUT2D eigenvalue weighted by atomic mass is 9.88. The fourth-order valence-electron chi connectivity index (χ4n) is 3.07. The van der Waals surface area contributed by atoms with E-state index in [1.165, 1.54) is 0 Å². The smallest absolute Gasteiger partial charge is 0.220 e. The van der Waals surface area contributed by atoms with E-state index in [1.54, 1.807) is 26.2 Å². The first kappa shape index (κ1) is 16.1. The molecule has 2 aromatic rings. The average molecular weight is 351 g/mol. The van der Waals surface area contributed by atoms with Gasteiger partial charge in [-0.1, -0.05) is 29.3 Å². The summed E-state index contributed by atoms with van der Waals surface area (Å²) in [5.74, 6) is 0.824. The number of benzene rings is 1. The molecule has 1 atom stereocenters. The van der Waals surface area contributed by atoms with Gasteiger partial charge in [0.25, 0.3) is 0 Å². The molecule has 1 aromatic heterocycles. The Labute approximate surface area is 145 Å². The Kier molecular flexibility index (Phi) is 4.46. The number of hydrogen-bond acceptors (Lipinski definition) is 3. The van der Waals surface area contributed by atoms with Crippen molar-refractivity contribution in [3.05, 3.63) is 57.3 Å². The van der Waals surface area contributed by atoms with E-state index in [2.05, 4.69) is 4.98 Å². The van der Waals surface area contributed by atoms with Crippen molar-refractivity contribution in [1.29, 1.82) is 0 Å². The van der Waals surface area contributed by atoms with Gasteiger partial charge in [0.05, 0.1) is 13.2 Å². The Morgan fingerprint density at radius 1 is 1.26 bits per heavy atom. The molecule has 1 aliphatic rings. The van der Waals surface area contributed by atoms with Gasteiger partial charge in [-0.3, -0.25) is 4.79 Å². The molecule has 0 N–H and O–H groups in total. The molecular formula is C17H16Cl2N2O2. The zero-order valence-electron chi connectivity index (χ0n) is 12.8. The molecule has 23 heavy (non-hydrogen) atoms. The van der Waals surface area contributed by atoms with Crippen LogP contribution in [0.5, 0.6) is 5.75 Å². The van der Waals surface area contributed by atoms with Crippen LogP contribution in [0.4, 0.5) is 0 Å². The average Bonchev–Trinajstić information content (AvgIpc) is 2.52. The predicted octanol–water partition coefficient (Wildman–Crippen LogP) is 3.89. The van der Waals surface area contributed by atoms with Gasteiger partial charge in [-0.05, 0) is 47.4 Å². The Bertz CT molecular complexity index is 744. The first-order chi connectivity index (χ1) is 11.0. The molecule has 3 rings (SSSR count). The lowest BCUT2D eigenvalue weighted by molar-refractivity contribution is -0.130. The molecule has 1 aromatic carbocycles. The molecule has 0 aliphatic carbocycles. The van der Waals surface area contributed by atoms with Crippen molar-refractivity contribution in [3.63, 3.8) is 0 Å². The van der Waals surface area contributed by atoms with Crippen molar-refractivity contribution in [2.75, 3.05) is 13.7 Å². The van der Waals surface area contributed by atoms with Crippen molar-refractivity contribution in [2.45, 2.75) is 19.4 Å². The largest absolute Gasteiger partial charge is 0.497 e. The molecule has 2 heterocycles. The van der Waals surface area contributed by atoms with Gasteiger partial charge < -0.3 is 9.64 Å². The first-order valence-corrected chi connectivity index (χ1v) is 8.02. The van der Waals surface area contributed by atoms with Gasteiger partial charge in [-0.25, -0.2) is 4.98 Å². The van der Waals surface area contributed by atoms with Crippen molar-refractivity contribution < 1.29 is 9.53 Å². The number of amides is 1. The number of rotatable bonds is 2. The Morgan fingerprint density at radius 3 is 2.57 bits per heavy atom. The van der Waals surface area contributed by atoms with E-state index in [0.29, 0.717) is 16.9 Å². The van der Waals surface area contributed by atoms with Gasteiger partial charge in [-0.2, -0.15) is 0 Å². The number of fused-ring (bicyclic) bond motifs is 1. The lowest BCUT2D eigenvalue weighted by Crippen LogP contribution is -2.39. The van der Waals surface area contributed by atoms with E-state index in [-0.39, 0.29) is 11.9 Å². The summed E-state index contributed by atoms with van der Waals surface area (Å²) >= 11 is 12.1. The number of carbonyl (C=O) groups is 1. The summed E-state index contributed by atoms with van der Waals surface area (Å²) in [7, 11) is 1.65. The summed E-state index contributed by atoms with van der Waals surface area (Å²) < 4.78 is 5.30. The highest BCUT2D eigenvalue weighted by atomic mass is 35.5. The molecule has 6 heteroatoms. The summed E-state index contributed by atoms with van der Waals surface area (Å²) in [5.41, 5.74) is 3.08. The molecule has 1 aliphatic heterocycles. The number of methoxy groups -OCH3 is 1. The molecule has 0 spiro atoms. The summed E-state index contributed by atoms with van der Waals surface area (Å²) in [5, 5.41) is 0.633. The van der Waals surface area contributed by atoms with Gasteiger partial charge >= 0.3 is 0 Å². The predicted molar refractivity (Wildman–Crippen MR) is 90.2 cm³/mol. The maximum atomic E-state index is 12.1. The number of pyridine rings is 1. The lowest BCUT2D eigenvalue weighted by Gasteiger charge is -2.37. The van der Waals surface area contributed by atoms with Crippen LogP contribution in [0.2, 0.25) is 10.3 Å². The van der Waals surface area contributed by atoms with Crippen LogP contribution in [-0.4, -0.2) is 29.4 Å². The highest BCUT2D eigenvalue weighted by Gasteiger charge is 2.31. The van der Waals surface area contributed by atoms with E-state index < -0.39 is 0 Å². The molecule has 0 fully saturated rings. The third-order valence-electron chi connectivity index (χ3n) is 4.08. The van der Waals surface area contributed by atoms with Crippen LogP contribution in [0.3, 0.4) is 0 Å². The van der Waals surface area contributed by atoms with E-state index in [1.807, 2.05) is 23.1 Å². The molecular weight excluding hydrogens is 335 g/mol. The summed E-state index contributed by atoms with van der Waals surface area (Å²) in [6, 6.07) is 9.21. The number of nitrogens with zero attached hydrogens (tertiary/aromatic N) is 2. The van der Waals surface area contributed by atoms with Crippen LogP contribution in [-0.2, 0) is 11.2 Å². The molecule has 1 unspecified atom stereocenters.